The largest absolute Gasteiger partial charge is 0.496 e. The van der Waals surface area contributed by atoms with Crippen molar-refractivity contribution in [1.82, 2.24) is 0 Å². The van der Waals surface area contributed by atoms with Gasteiger partial charge in [-0.15, -0.1) is 0 Å². The van der Waals surface area contributed by atoms with Crippen LogP contribution >= 0.6 is 15.9 Å². The summed E-state index contributed by atoms with van der Waals surface area (Å²) in [6.45, 7) is 0. The van der Waals surface area contributed by atoms with Crippen molar-refractivity contribution in [2.24, 2.45) is 0 Å². The molecule has 0 atom stereocenters. The van der Waals surface area contributed by atoms with Gasteiger partial charge in [-0.3, -0.25) is 0 Å². The van der Waals surface area contributed by atoms with Crippen LogP contribution in [0.2, 0.25) is 0 Å². The molecular weight excluding hydrogens is 302 g/mol. The zero-order valence-electron chi connectivity index (χ0n) is 10.4. The van der Waals surface area contributed by atoms with E-state index in [2.05, 4.69) is 22.0 Å². The van der Waals surface area contributed by atoms with Crippen LogP contribution in [-0.4, -0.2) is 7.11 Å². The van der Waals surface area contributed by atoms with Gasteiger partial charge in [-0.2, -0.15) is 5.26 Å². The molecule has 2 aromatic rings. The Morgan fingerprint density at radius 3 is 2.53 bits per heavy atom. The molecule has 0 saturated carbocycles. The Morgan fingerprint density at radius 2 is 1.95 bits per heavy atom. The lowest BCUT2D eigenvalue weighted by molar-refractivity contribution is 0.412. The standard InChI is InChI=1S/C16H12BrNO/c1-19-16-8-7-12(10-15(16)17)9-14(11-18)13-5-3-2-4-6-13/h2-10H,1H3/b14-9-. The second-order valence-corrected chi connectivity index (χ2v) is 4.78. The van der Waals surface area contributed by atoms with Gasteiger partial charge in [0.2, 0.25) is 0 Å². The van der Waals surface area contributed by atoms with Gasteiger partial charge in [0, 0.05) is 0 Å². The summed E-state index contributed by atoms with van der Waals surface area (Å²) in [7, 11) is 1.63. The predicted octanol–water partition coefficient (Wildman–Crippen LogP) is 4.52. The lowest BCUT2D eigenvalue weighted by Crippen LogP contribution is -1.85. The maximum Gasteiger partial charge on any atom is 0.133 e. The SMILES string of the molecule is COc1ccc(/C=C(/C#N)c2ccccc2)cc1Br. The molecule has 0 N–H and O–H groups in total. The topological polar surface area (TPSA) is 33.0 Å². The van der Waals surface area contributed by atoms with Crippen molar-refractivity contribution in [2.45, 2.75) is 0 Å². The second kappa shape index (κ2) is 6.21. The Hall–Kier alpha value is -2.05. The molecule has 19 heavy (non-hydrogen) atoms. The van der Waals surface area contributed by atoms with Gasteiger partial charge >= 0.3 is 0 Å². The van der Waals surface area contributed by atoms with E-state index in [4.69, 9.17) is 4.74 Å². The number of benzene rings is 2. The van der Waals surface area contributed by atoms with Crippen LogP contribution in [0.15, 0.2) is 53.0 Å². The number of methoxy groups -OCH3 is 1. The molecule has 0 bridgehead atoms. The fourth-order valence-corrected chi connectivity index (χ4v) is 2.30. The van der Waals surface area contributed by atoms with E-state index in [9.17, 15) is 5.26 Å². The van der Waals surface area contributed by atoms with Gasteiger partial charge in [0.15, 0.2) is 0 Å². The lowest BCUT2D eigenvalue weighted by Gasteiger charge is -2.04. The predicted molar refractivity (Wildman–Crippen MR) is 80.6 cm³/mol. The van der Waals surface area contributed by atoms with Crippen LogP contribution in [-0.2, 0) is 0 Å². The van der Waals surface area contributed by atoms with Crippen LogP contribution in [0.5, 0.6) is 5.75 Å². The molecule has 0 fully saturated rings. The molecule has 0 aromatic heterocycles. The number of halogens is 1. The van der Waals surface area contributed by atoms with Crippen molar-refractivity contribution in [3.05, 3.63) is 64.1 Å². The first-order valence-corrected chi connectivity index (χ1v) is 6.54. The number of rotatable bonds is 3. The van der Waals surface area contributed by atoms with Gasteiger partial charge in [0.25, 0.3) is 0 Å². The zero-order valence-corrected chi connectivity index (χ0v) is 12.0. The molecule has 0 spiro atoms. The number of nitriles is 1. The van der Waals surface area contributed by atoms with Crippen molar-refractivity contribution in [3.63, 3.8) is 0 Å². The lowest BCUT2D eigenvalue weighted by atomic mass is 10.0. The molecule has 2 nitrogen and oxygen atoms in total. The van der Waals surface area contributed by atoms with Gasteiger partial charge in [-0.1, -0.05) is 36.4 Å². The van der Waals surface area contributed by atoms with E-state index in [1.165, 1.54) is 0 Å². The van der Waals surface area contributed by atoms with Crippen LogP contribution in [0.4, 0.5) is 0 Å². The van der Waals surface area contributed by atoms with E-state index >= 15 is 0 Å². The molecule has 0 aliphatic carbocycles. The summed E-state index contributed by atoms with van der Waals surface area (Å²) in [4.78, 5) is 0. The van der Waals surface area contributed by atoms with Gasteiger partial charge in [0.05, 0.1) is 23.2 Å². The molecule has 0 aliphatic heterocycles. The van der Waals surface area contributed by atoms with Crippen molar-refractivity contribution in [3.8, 4) is 11.8 Å². The molecule has 94 valence electrons. The average molecular weight is 314 g/mol. The van der Waals surface area contributed by atoms with E-state index in [1.807, 2.05) is 54.6 Å². The fourth-order valence-electron chi connectivity index (χ4n) is 1.74. The summed E-state index contributed by atoms with van der Waals surface area (Å²) in [5.74, 6) is 0.773. The van der Waals surface area contributed by atoms with E-state index in [1.54, 1.807) is 7.11 Å². The first kappa shape index (κ1) is 13.4. The first-order valence-electron chi connectivity index (χ1n) is 5.75. The molecule has 0 radical (unpaired) electrons. The summed E-state index contributed by atoms with van der Waals surface area (Å²) in [5.41, 5.74) is 2.50. The molecule has 0 unspecified atom stereocenters. The number of hydrogen-bond donors (Lipinski definition) is 0. The third-order valence-corrected chi connectivity index (χ3v) is 3.31. The highest BCUT2D eigenvalue weighted by Crippen LogP contribution is 2.27. The highest BCUT2D eigenvalue weighted by molar-refractivity contribution is 9.10. The molecule has 0 amide bonds. The van der Waals surface area contributed by atoms with Gasteiger partial charge in [-0.25, -0.2) is 0 Å². The Kier molecular flexibility index (Phi) is 4.38. The molecule has 2 aromatic carbocycles. The highest BCUT2D eigenvalue weighted by Gasteiger charge is 2.03. The number of ether oxygens (including phenoxy) is 1. The minimum Gasteiger partial charge on any atom is -0.496 e. The minimum absolute atomic E-state index is 0.637. The molecule has 0 saturated heterocycles. The fraction of sp³-hybridized carbons (Fsp3) is 0.0625. The molecule has 0 aliphatic rings. The summed E-state index contributed by atoms with van der Waals surface area (Å²) in [6.07, 6.45) is 1.86. The minimum atomic E-state index is 0.637. The van der Waals surface area contributed by atoms with Crippen LogP contribution in [0.1, 0.15) is 11.1 Å². The molecule has 3 heteroatoms. The van der Waals surface area contributed by atoms with Crippen LogP contribution < -0.4 is 4.74 Å². The monoisotopic (exact) mass is 313 g/mol. The number of allylic oxidation sites excluding steroid dienone is 1. The molecule has 2 rings (SSSR count). The summed E-state index contributed by atoms with van der Waals surface area (Å²) < 4.78 is 6.05. The highest BCUT2D eigenvalue weighted by atomic mass is 79.9. The van der Waals surface area contributed by atoms with E-state index < -0.39 is 0 Å². The third kappa shape index (κ3) is 3.24. The van der Waals surface area contributed by atoms with Crippen molar-refractivity contribution < 1.29 is 4.74 Å². The molecule has 0 heterocycles. The Balaban J connectivity index is 2.39. The average Bonchev–Trinajstić information content (AvgIpc) is 2.46. The van der Waals surface area contributed by atoms with E-state index in [0.29, 0.717) is 5.57 Å². The maximum atomic E-state index is 9.26. The second-order valence-electron chi connectivity index (χ2n) is 3.93. The van der Waals surface area contributed by atoms with Crippen LogP contribution in [0.3, 0.4) is 0 Å². The Morgan fingerprint density at radius 1 is 1.21 bits per heavy atom. The van der Waals surface area contributed by atoms with Crippen molar-refractivity contribution >= 4 is 27.6 Å². The number of nitrogens with zero attached hydrogens (tertiary/aromatic N) is 1. The van der Waals surface area contributed by atoms with E-state index in [0.717, 1.165) is 21.3 Å². The van der Waals surface area contributed by atoms with Crippen molar-refractivity contribution in [1.29, 1.82) is 5.26 Å². The van der Waals surface area contributed by atoms with E-state index in [-0.39, 0.29) is 0 Å². The number of hydrogen-bond acceptors (Lipinski definition) is 2. The smallest absolute Gasteiger partial charge is 0.133 e. The van der Waals surface area contributed by atoms with Crippen LogP contribution in [0, 0.1) is 11.3 Å². The van der Waals surface area contributed by atoms with Gasteiger partial charge in [-0.05, 0) is 45.3 Å². The normalized spacial score (nSPS) is 10.9. The zero-order chi connectivity index (χ0) is 13.7. The summed E-state index contributed by atoms with van der Waals surface area (Å²) >= 11 is 3.44. The first-order chi connectivity index (χ1) is 9.24. The molecular formula is C16H12BrNO. The third-order valence-electron chi connectivity index (χ3n) is 2.69. The Bertz CT molecular complexity index is 642. The van der Waals surface area contributed by atoms with Crippen LogP contribution in [0.25, 0.3) is 11.6 Å². The quantitative estimate of drug-likeness (QED) is 0.616. The van der Waals surface area contributed by atoms with Gasteiger partial charge in [0.1, 0.15) is 5.75 Å². The summed E-state index contributed by atoms with van der Waals surface area (Å²) in [5, 5.41) is 9.26. The summed E-state index contributed by atoms with van der Waals surface area (Å²) in [6, 6.07) is 17.6. The maximum absolute atomic E-state index is 9.26. The van der Waals surface area contributed by atoms with Gasteiger partial charge < -0.3 is 4.74 Å². The Labute approximate surface area is 121 Å². The van der Waals surface area contributed by atoms with Crippen molar-refractivity contribution in [2.75, 3.05) is 7.11 Å².